The molecule has 18 heavy (non-hydrogen) atoms. The predicted octanol–water partition coefficient (Wildman–Crippen LogP) is 2.84. The monoisotopic (exact) mass is 240 g/mol. The molecule has 1 unspecified atom stereocenters. The van der Waals surface area contributed by atoms with Crippen LogP contribution in [0, 0.1) is 6.92 Å². The first kappa shape index (κ1) is 12.5. The molecule has 0 aliphatic rings. The quantitative estimate of drug-likeness (QED) is 0.892. The van der Waals surface area contributed by atoms with Crippen LogP contribution in [0.2, 0.25) is 0 Å². The van der Waals surface area contributed by atoms with E-state index in [1.54, 1.807) is 12.1 Å². The highest BCUT2D eigenvalue weighted by Crippen LogP contribution is 2.17. The second-order valence-corrected chi connectivity index (χ2v) is 4.38. The molecule has 0 amide bonds. The van der Waals surface area contributed by atoms with Crippen molar-refractivity contribution in [2.24, 2.45) is 0 Å². The van der Waals surface area contributed by atoms with Gasteiger partial charge in [0.15, 0.2) is 5.78 Å². The maximum Gasteiger partial charge on any atom is 0.170 e. The number of ketones is 1. The summed E-state index contributed by atoms with van der Waals surface area (Å²) in [5.41, 5.74) is 2.69. The molecule has 2 nitrogen and oxygen atoms in total. The lowest BCUT2D eigenvalue weighted by atomic mass is 9.98. The lowest BCUT2D eigenvalue weighted by molar-refractivity contribution is -0.126. The molecule has 0 bridgehead atoms. The van der Waals surface area contributed by atoms with Gasteiger partial charge >= 0.3 is 0 Å². The van der Waals surface area contributed by atoms with Crippen LogP contribution in [0.25, 0.3) is 0 Å². The molecule has 2 heteroatoms. The van der Waals surface area contributed by atoms with Gasteiger partial charge in [-0.25, -0.2) is 0 Å². The largest absolute Gasteiger partial charge is 0.381 e. The maximum atomic E-state index is 12.0. The van der Waals surface area contributed by atoms with Crippen molar-refractivity contribution in [1.82, 2.24) is 0 Å². The Morgan fingerprint density at radius 1 is 1.06 bits per heavy atom. The zero-order valence-corrected chi connectivity index (χ0v) is 10.3. The van der Waals surface area contributed by atoms with Gasteiger partial charge in [0.25, 0.3) is 0 Å². The van der Waals surface area contributed by atoms with Gasteiger partial charge in [0.05, 0.1) is 0 Å². The molecule has 0 aliphatic carbocycles. The smallest absolute Gasteiger partial charge is 0.170 e. The van der Waals surface area contributed by atoms with Crippen LogP contribution in [0.15, 0.2) is 54.6 Å². The first-order chi connectivity index (χ1) is 8.68. The van der Waals surface area contributed by atoms with E-state index in [1.807, 2.05) is 49.4 Å². The van der Waals surface area contributed by atoms with Gasteiger partial charge in [-0.1, -0.05) is 54.6 Å². The van der Waals surface area contributed by atoms with Crippen molar-refractivity contribution >= 4 is 5.78 Å². The van der Waals surface area contributed by atoms with Gasteiger partial charge in [0.2, 0.25) is 0 Å². The SMILES string of the molecule is Cc1ccccc1CC(=O)C(O)c1ccccc1. The lowest BCUT2D eigenvalue weighted by Gasteiger charge is -2.11. The lowest BCUT2D eigenvalue weighted by Crippen LogP contribution is -2.15. The van der Waals surface area contributed by atoms with Crippen LogP contribution in [-0.2, 0) is 11.2 Å². The molecule has 92 valence electrons. The summed E-state index contributed by atoms with van der Waals surface area (Å²) in [6.45, 7) is 1.97. The van der Waals surface area contributed by atoms with E-state index in [1.165, 1.54) is 0 Å². The summed E-state index contributed by atoms with van der Waals surface area (Å²) in [6.07, 6.45) is -0.770. The Bertz CT molecular complexity index is 532. The highest BCUT2D eigenvalue weighted by molar-refractivity contribution is 5.86. The Balaban J connectivity index is 2.12. The van der Waals surface area contributed by atoms with E-state index in [0.29, 0.717) is 5.56 Å². The number of carbonyl (C=O) groups is 1. The summed E-state index contributed by atoms with van der Waals surface area (Å²) in [7, 11) is 0. The standard InChI is InChI=1S/C16H16O2/c1-12-7-5-6-10-14(12)11-15(17)16(18)13-8-3-2-4-9-13/h2-10,16,18H,11H2,1H3. The molecule has 0 heterocycles. The average Bonchev–Trinajstić information content (AvgIpc) is 2.41. The molecular weight excluding hydrogens is 224 g/mol. The second-order valence-electron chi connectivity index (χ2n) is 4.38. The molecule has 0 saturated heterocycles. The summed E-state index contributed by atoms with van der Waals surface area (Å²) in [4.78, 5) is 12.0. The number of aryl methyl sites for hydroxylation is 1. The van der Waals surface area contributed by atoms with Crippen molar-refractivity contribution in [3.05, 3.63) is 71.3 Å². The number of aliphatic hydroxyl groups is 1. The van der Waals surface area contributed by atoms with Crippen LogP contribution in [0.4, 0.5) is 0 Å². The Labute approximate surface area is 107 Å². The van der Waals surface area contributed by atoms with E-state index in [2.05, 4.69) is 0 Å². The molecule has 2 rings (SSSR count). The molecule has 2 aromatic carbocycles. The zero-order valence-electron chi connectivity index (χ0n) is 10.3. The summed E-state index contributed by atoms with van der Waals surface area (Å²) < 4.78 is 0. The Kier molecular flexibility index (Phi) is 3.90. The first-order valence-electron chi connectivity index (χ1n) is 5.98. The topological polar surface area (TPSA) is 37.3 Å². The summed E-state index contributed by atoms with van der Waals surface area (Å²) in [5, 5.41) is 9.99. The van der Waals surface area contributed by atoms with Crippen LogP contribution in [0.1, 0.15) is 22.8 Å². The van der Waals surface area contributed by atoms with E-state index < -0.39 is 6.10 Å². The minimum absolute atomic E-state index is 0.171. The van der Waals surface area contributed by atoms with Crippen LogP contribution in [0.5, 0.6) is 0 Å². The fourth-order valence-electron chi connectivity index (χ4n) is 1.91. The molecule has 0 aliphatic heterocycles. The van der Waals surface area contributed by atoms with Crippen molar-refractivity contribution < 1.29 is 9.90 Å². The zero-order chi connectivity index (χ0) is 13.0. The second kappa shape index (κ2) is 5.61. The van der Waals surface area contributed by atoms with Crippen LogP contribution >= 0.6 is 0 Å². The van der Waals surface area contributed by atoms with E-state index in [-0.39, 0.29) is 12.2 Å². The summed E-state index contributed by atoms with van der Waals surface area (Å²) in [6, 6.07) is 16.8. The molecule has 1 atom stereocenters. The Hall–Kier alpha value is -1.93. The number of Topliss-reactive ketones (excluding diaryl/α,β-unsaturated/α-hetero) is 1. The molecule has 0 fully saturated rings. The van der Waals surface area contributed by atoms with E-state index >= 15 is 0 Å². The van der Waals surface area contributed by atoms with Crippen LogP contribution in [0.3, 0.4) is 0 Å². The average molecular weight is 240 g/mol. The van der Waals surface area contributed by atoms with E-state index in [4.69, 9.17) is 0 Å². The maximum absolute atomic E-state index is 12.0. The van der Waals surface area contributed by atoms with Crippen molar-refractivity contribution in [1.29, 1.82) is 0 Å². The molecular formula is C16H16O2. The fourth-order valence-corrected chi connectivity index (χ4v) is 1.91. The molecule has 0 aromatic heterocycles. The highest BCUT2D eigenvalue weighted by Gasteiger charge is 2.17. The number of hydrogen-bond acceptors (Lipinski definition) is 2. The number of hydrogen-bond donors (Lipinski definition) is 1. The molecule has 0 spiro atoms. The normalized spacial score (nSPS) is 12.1. The van der Waals surface area contributed by atoms with Crippen molar-refractivity contribution in [2.75, 3.05) is 0 Å². The number of aliphatic hydroxyl groups excluding tert-OH is 1. The van der Waals surface area contributed by atoms with Crippen molar-refractivity contribution in [3.8, 4) is 0 Å². The third-order valence-corrected chi connectivity index (χ3v) is 3.05. The van der Waals surface area contributed by atoms with Gasteiger partial charge < -0.3 is 5.11 Å². The Morgan fingerprint density at radius 2 is 1.67 bits per heavy atom. The van der Waals surface area contributed by atoms with Crippen LogP contribution < -0.4 is 0 Å². The molecule has 0 radical (unpaired) electrons. The van der Waals surface area contributed by atoms with E-state index in [9.17, 15) is 9.90 Å². The third-order valence-electron chi connectivity index (χ3n) is 3.05. The minimum atomic E-state index is -1.04. The van der Waals surface area contributed by atoms with Gasteiger partial charge in [-0.3, -0.25) is 4.79 Å². The third kappa shape index (κ3) is 2.84. The summed E-state index contributed by atoms with van der Waals surface area (Å²) in [5.74, 6) is -0.171. The van der Waals surface area contributed by atoms with Gasteiger partial charge in [0.1, 0.15) is 6.10 Å². The molecule has 1 N–H and O–H groups in total. The first-order valence-corrected chi connectivity index (χ1v) is 5.98. The minimum Gasteiger partial charge on any atom is -0.381 e. The number of carbonyl (C=O) groups excluding carboxylic acids is 1. The highest BCUT2D eigenvalue weighted by atomic mass is 16.3. The molecule has 2 aromatic rings. The number of benzene rings is 2. The van der Waals surface area contributed by atoms with Gasteiger partial charge in [-0.2, -0.15) is 0 Å². The van der Waals surface area contributed by atoms with Crippen LogP contribution in [-0.4, -0.2) is 10.9 Å². The van der Waals surface area contributed by atoms with Crippen molar-refractivity contribution in [2.45, 2.75) is 19.4 Å². The number of rotatable bonds is 4. The summed E-state index contributed by atoms with van der Waals surface area (Å²) >= 11 is 0. The fraction of sp³-hybridized carbons (Fsp3) is 0.188. The van der Waals surface area contributed by atoms with E-state index in [0.717, 1.165) is 11.1 Å². The predicted molar refractivity (Wildman–Crippen MR) is 71.3 cm³/mol. The van der Waals surface area contributed by atoms with Crippen molar-refractivity contribution in [3.63, 3.8) is 0 Å². The Morgan fingerprint density at radius 3 is 2.33 bits per heavy atom. The van der Waals surface area contributed by atoms with Gasteiger partial charge in [0, 0.05) is 6.42 Å². The van der Waals surface area contributed by atoms with Gasteiger partial charge in [-0.15, -0.1) is 0 Å². The van der Waals surface area contributed by atoms with Gasteiger partial charge in [-0.05, 0) is 23.6 Å². The molecule has 0 saturated carbocycles.